The fraction of sp³-hybridized carbons (Fsp3) is 0.913. The number of unbranched alkanes of at least 4 members (excludes halogenated alkanes) is 24. The van der Waals surface area contributed by atoms with Crippen molar-refractivity contribution in [2.24, 2.45) is 0 Å². The molecule has 0 saturated carbocycles. The van der Waals surface area contributed by atoms with Crippen LogP contribution in [0.4, 0.5) is 0 Å². The van der Waals surface area contributed by atoms with Crippen molar-refractivity contribution in [2.75, 3.05) is 73.2 Å². The summed E-state index contributed by atoms with van der Waals surface area (Å²) in [5.41, 5.74) is 0. The topological polar surface area (TPSA) is 55.4 Å². The van der Waals surface area contributed by atoms with Gasteiger partial charge in [0.15, 0.2) is 0 Å². The molecule has 0 N–H and O–H groups in total. The zero-order chi connectivity index (χ0) is 37.5. The lowest BCUT2D eigenvalue weighted by atomic mass is 10.1. The van der Waals surface area contributed by atoms with Gasteiger partial charge in [0.05, 0.1) is 52.9 Å². The Morgan fingerprint density at radius 1 is 0.327 bits per heavy atom. The summed E-state index contributed by atoms with van der Waals surface area (Å²) < 4.78 is 34.3. The second-order valence-corrected chi connectivity index (χ2v) is 14.7. The van der Waals surface area contributed by atoms with Gasteiger partial charge in [-0.15, -0.1) is 0 Å². The Bertz CT molecular complexity index is 684. The molecule has 0 aromatic rings. The highest BCUT2D eigenvalue weighted by atomic mass is 16.6. The highest BCUT2D eigenvalue weighted by Crippen LogP contribution is 2.12. The molecule has 0 spiro atoms. The van der Waals surface area contributed by atoms with Crippen LogP contribution in [0.1, 0.15) is 194 Å². The Balaban J connectivity index is 3.93. The highest BCUT2D eigenvalue weighted by molar-refractivity contribution is 4.82. The molecule has 52 heavy (non-hydrogen) atoms. The predicted octanol–water partition coefficient (Wildman–Crippen LogP) is 13.2. The number of hydrogen-bond acceptors (Lipinski definition) is 6. The third-order valence-electron chi connectivity index (χ3n) is 9.59. The third-order valence-corrected chi connectivity index (χ3v) is 9.59. The minimum Gasteiger partial charge on any atom is -0.382 e. The maximum absolute atomic E-state index is 6.24. The molecule has 0 aliphatic heterocycles. The first-order valence-electron chi connectivity index (χ1n) is 22.6. The van der Waals surface area contributed by atoms with Gasteiger partial charge in [0, 0.05) is 20.3 Å². The Morgan fingerprint density at radius 2 is 0.654 bits per heavy atom. The summed E-state index contributed by atoms with van der Waals surface area (Å²) in [6, 6.07) is 0. The highest BCUT2D eigenvalue weighted by Gasteiger charge is 2.10. The van der Waals surface area contributed by atoms with E-state index in [-0.39, 0.29) is 6.10 Å². The Morgan fingerprint density at radius 3 is 1.08 bits per heavy atom. The Labute approximate surface area is 324 Å². The van der Waals surface area contributed by atoms with Crippen LogP contribution in [0, 0.1) is 0 Å². The summed E-state index contributed by atoms with van der Waals surface area (Å²) >= 11 is 0. The van der Waals surface area contributed by atoms with Gasteiger partial charge in [-0.25, -0.2) is 0 Å². The van der Waals surface area contributed by atoms with Crippen molar-refractivity contribution in [3.63, 3.8) is 0 Å². The van der Waals surface area contributed by atoms with Gasteiger partial charge < -0.3 is 28.4 Å². The Hall–Kier alpha value is -0.760. The predicted molar refractivity (Wildman–Crippen MR) is 224 cm³/mol. The summed E-state index contributed by atoms with van der Waals surface area (Å²) in [6.45, 7) is 10.8. The van der Waals surface area contributed by atoms with Crippen LogP contribution in [0.5, 0.6) is 0 Å². The maximum Gasteiger partial charge on any atom is 0.104 e. The molecule has 0 heterocycles. The smallest absolute Gasteiger partial charge is 0.104 e. The second-order valence-electron chi connectivity index (χ2n) is 14.7. The minimum absolute atomic E-state index is 0.0189. The minimum atomic E-state index is -0.0189. The van der Waals surface area contributed by atoms with E-state index in [9.17, 15) is 0 Å². The lowest BCUT2D eigenvalue weighted by Gasteiger charge is -2.18. The lowest BCUT2D eigenvalue weighted by Crippen LogP contribution is -2.27. The number of rotatable bonds is 46. The van der Waals surface area contributed by atoms with Crippen LogP contribution in [0.2, 0.25) is 0 Å². The molecule has 6 heteroatoms. The van der Waals surface area contributed by atoms with Crippen molar-refractivity contribution < 1.29 is 28.4 Å². The third kappa shape index (κ3) is 45.4. The van der Waals surface area contributed by atoms with Gasteiger partial charge in [0.1, 0.15) is 6.10 Å². The average Bonchev–Trinajstić information content (AvgIpc) is 3.15. The largest absolute Gasteiger partial charge is 0.382 e. The molecule has 6 nitrogen and oxygen atoms in total. The van der Waals surface area contributed by atoms with E-state index in [1.54, 1.807) is 7.11 Å². The molecule has 0 aromatic carbocycles. The molecule has 0 radical (unpaired) electrons. The van der Waals surface area contributed by atoms with Gasteiger partial charge in [-0.2, -0.15) is 0 Å². The van der Waals surface area contributed by atoms with Crippen molar-refractivity contribution in [3.05, 3.63) is 24.3 Å². The van der Waals surface area contributed by atoms with Crippen LogP contribution in [-0.2, 0) is 28.4 Å². The van der Waals surface area contributed by atoms with E-state index in [0.717, 1.165) is 26.1 Å². The summed E-state index contributed by atoms with van der Waals surface area (Å²) in [5.74, 6) is 0. The summed E-state index contributed by atoms with van der Waals surface area (Å²) in [6.07, 6.45) is 46.6. The summed E-state index contributed by atoms with van der Waals surface area (Å²) in [4.78, 5) is 0. The van der Waals surface area contributed by atoms with E-state index in [2.05, 4.69) is 38.2 Å². The summed E-state index contributed by atoms with van der Waals surface area (Å²) in [7, 11) is 1.68. The molecule has 0 saturated heterocycles. The fourth-order valence-electron chi connectivity index (χ4n) is 6.21. The molecule has 1 atom stereocenters. The number of allylic oxidation sites excluding steroid dienone is 4. The van der Waals surface area contributed by atoms with Crippen LogP contribution in [0.25, 0.3) is 0 Å². The van der Waals surface area contributed by atoms with Crippen LogP contribution in [0.3, 0.4) is 0 Å². The van der Waals surface area contributed by atoms with E-state index in [4.69, 9.17) is 28.4 Å². The molecule has 0 fully saturated rings. The molecular formula is C46H90O6. The lowest BCUT2D eigenvalue weighted by molar-refractivity contribution is -0.0699. The SMILES string of the molecule is CCCCCCCC/C=C\CCCCCCCCOCC(COCCOCCOCCOC)OCCCCCCCC/C=C\CCCCCCCC. The van der Waals surface area contributed by atoms with Crippen LogP contribution < -0.4 is 0 Å². The normalized spacial score (nSPS) is 12.6. The number of hydrogen-bond donors (Lipinski definition) is 0. The van der Waals surface area contributed by atoms with E-state index < -0.39 is 0 Å². The van der Waals surface area contributed by atoms with Gasteiger partial charge in [0.2, 0.25) is 0 Å². The maximum atomic E-state index is 6.24. The van der Waals surface area contributed by atoms with E-state index >= 15 is 0 Å². The first kappa shape index (κ1) is 51.2. The quantitative estimate of drug-likeness (QED) is 0.0458. The van der Waals surface area contributed by atoms with Crippen molar-refractivity contribution >= 4 is 0 Å². The Kier molecular flexibility index (Phi) is 47.6. The average molecular weight is 739 g/mol. The van der Waals surface area contributed by atoms with Crippen molar-refractivity contribution in [1.29, 1.82) is 0 Å². The number of methoxy groups -OCH3 is 1. The van der Waals surface area contributed by atoms with Crippen molar-refractivity contribution in [1.82, 2.24) is 0 Å². The first-order valence-corrected chi connectivity index (χ1v) is 22.6. The van der Waals surface area contributed by atoms with Gasteiger partial charge in [-0.05, 0) is 64.2 Å². The molecular weight excluding hydrogens is 648 g/mol. The van der Waals surface area contributed by atoms with Crippen LogP contribution in [-0.4, -0.2) is 79.3 Å². The van der Waals surface area contributed by atoms with Gasteiger partial charge in [0.25, 0.3) is 0 Å². The molecule has 0 bridgehead atoms. The van der Waals surface area contributed by atoms with Gasteiger partial charge >= 0.3 is 0 Å². The van der Waals surface area contributed by atoms with E-state index in [1.165, 1.54) is 167 Å². The molecule has 0 amide bonds. The molecule has 1 unspecified atom stereocenters. The molecule has 0 aromatic heterocycles. The van der Waals surface area contributed by atoms with Crippen molar-refractivity contribution in [2.45, 2.75) is 200 Å². The zero-order valence-corrected chi connectivity index (χ0v) is 35.2. The standard InChI is InChI=1S/C46H90O6/c1-4-6-8-10-12-14-16-18-20-22-24-26-28-30-32-34-36-50-44-46(45-51-43-42-49-41-40-48-39-38-47-3)52-37-35-33-31-29-27-25-23-21-19-17-15-13-11-9-7-5-2/h18-21,46H,4-17,22-45H2,1-3H3/b20-18-,21-19-. The zero-order valence-electron chi connectivity index (χ0n) is 35.2. The van der Waals surface area contributed by atoms with Gasteiger partial charge in [-0.1, -0.05) is 154 Å². The molecule has 0 aliphatic carbocycles. The second kappa shape index (κ2) is 48.3. The first-order chi connectivity index (χ1) is 25.8. The van der Waals surface area contributed by atoms with Crippen LogP contribution >= 0.6 is 0 Å². The molecule has 0 rings (SSSR count). The molecule has 310 valence electrons. The number of ether oxygens (including phenoxy) is 6. The van der Waals surface area contributed by atoms with E-state index in [1.807, 2.05) is 0 Å². The molecule has 0 aliphatic rings. The van der Waals surface area contributed by atoms with Crippen LogP contribution in [0.15, 0.2) is 24.3 Å². The monoisotopic (exact) mass is 739 g/mol. The van der Waals surface area contributed by atoms with Crippen molar-refractivity contribution in [3.8, 4) is 0 Å². The van der Waals surface area contributed by atoms with E-state index in [0.29, 0.717) is 52.9 Å². The van der Waals surface area contributed by atoms with Gasteiger partial charge in [-0.3, -0.25) is 0 Å². The summed E-state index contributed by atoms with van der Waals surface area (Å²) in [5, 5.41) is 0. The fourth-order valence-corrected chi connectivity index (χ4v) is 6.21.